The van der Waals surface area contributed by atoms with Crippen LogP contribution in [0.3, 0.4) is 0 Å². The zero-order valence-electron chi connectivity index (χ0n) is 19.1. The second kappa shape index (κ2) is 10.4. The highest BCUT2D eigenvalue weighted by Crippen LogP contribution is 2.36. The van der Waals surface area contributed by atoms with Gasteiger partial charge in [0.25, 0.3) is 11.5 Å². The molecule has 0 bridgehead atoms. The van der Waals surface area contributed by atoms with E-state index >= 15 is 0 Å². The average molecular weight is 506 g/mol. The maximum absolute atomic E-state index is 13.7. The Morgan fingerprint density at radius 1 is 1.29 bits per heavy atom. The molecule has 0 radical (unpaired) electrons. The van der Waals surface area contributed by atoms with Gasteiger partial charge in [-0.25, -0.2) is 10.4 Å². The summed E-state index contributed by atoms with van der Waals surface area (Å²) in [5.74, 6) is 0.496. The topological polar surface area (TPSA) is 98.5 Å². The van der Waals surface area contributed by atoms with Gasteiger partial charge in [0, 0.05) is 22.8 Å². The number of carbonyl (C=O) groups excluding carboxylic acids is 1. The van der Waals surface area contributed by atoms with Gasteiger partial charge in [0.1, 0.15) is 10.6 Å². The molecular formula is C25H23N5O3S2. The Labute approximate surface area is 210 Å². The maximum Gasteiger partial charge on any atom is 0.267 e. The van der Waals surface area contributed by atoms with Crippen LogP contribution in [-0.2, 0) is 17.6 Å². The number of ether oxygens (including phenoxy) is 1. The number of nitrogens with one attached hydrogen (secondary N) is 1. The smallest absolute Gasteiger partial charge is 0.267 e. The molecule has 8 nitrogen and oxygen atoms in total. The van der Waals surface area contributed by atoms with Crippen molar-refractivity contribution in [3.05, 3.63) is 75.1 Å². The zero-order chi connectivity index (χ0) is 24.2. The first-order valence-corrected chi connectivity index (χ1v) is 13.1. The predicted molar refractivity (Wildman–Crippen MR) is 139 cm³/mol. The Bertz CT molecular complexity index is 1450. The van der Waals surface area contributed by atoms with Crippen LogP contribution in [0.2, 0.25) is 0 Å². The van der Waals surface area contributed by atoms with Crippen molar-refractivity contribution in [3.8, 4) is 11.4 Å². The van der Waals surface area contributed by atoms with Crippen molar-refractivity contribution in [2.75, 3.05) is 12.4 Å². The molecule has 0 saturated carbocycles. The first-order valence-electron chi connectivity index (χ1n) is 11.3. The molecule has 3 aromatic heterocycles. The number of hydrazone groups is 1. The molecule has 0 spiro atoms. The van der Waals surface area contributed by atoms with Crippen LogP contribution in [-0.4, -0.2) is 39.0 Å². The van der Waals surface area contributed by atoms with Crippen LogP contribution < -0.4 is 15.7 Å². The lowest BCUT2D eigenvalue weighted by molar-refractivity contribution is -0.118. The Morgan fingerprint density at radius 2 is 2.14 bits per heavy atom. The largest absolute Gasteiger partial charge is 0.494 e. The molecule has 1 amide bonds. The maximum atomic E-state index is 13.7. The van der Waals surface area contributed by atoms with Crippen molar-refractivity contribution >= 4 is 45.4 Å². The molecule has 0 saturated heterocycles. The van der Waals surface area contributed by atoms with E-state index in [2.05, 4.69) is 15.5 Å². The van der Waals surface area contributed by atoms with Gasteiger partial charge < -0.3 is 4.74 Å². The molecule has 4 aromatic rings. The highest BCUT2D eigenvalue weighted by atomic mass is 32.2. The summed E-state index contributed by atoms with van der Waals surface area (Å²) in [6, 6.07) is 11.0. The van der Waals surface area contributed by atoms with E-state index in [1.54, 1.807) is 34.4 Å². The van der Waals surface area contributed by atoms with Crippen molar-refractivity contribution in [1.82, 2.24) is 20.0 Å². The van der Waals surface area contributed by atoms with E-state index < -0.39 is 0 Å². The van der Waals surface area contributed by atoms with Gasteiger partial charge in [-0.1, -0.05) is 17.8 Å². The third-order valence-electron chi connectivity index (χ3n) is 5.53. The van der Waals surface area contributed by atoms with Gasteiger partial charge in [-0.2, -0.15) is 5.10 Å². The van der Waals surface area contributed by atoms with Crippen molar-refractivity contribution in [2.24, 2.45) is 5.10 Å². The number of pyridine rings is 1. The number of rotatable bonds is 8. The molecule has 3 heterocycles. The van der Waals surface area contributed by atoms with E-state index in [-0.39, 0.29) is 17.2 Å². The molecule has 1 aliphatic rings. The van der Waals surface area contributed by atoms with Gasteiger partial charge in [-0.3, -0.25) is 19.1 Å². The minimum atomic E-state index is -0.295. The number of benzene rings is 1. The third kappa shape index (κ3) is 4.98. The van der Waals surface area contributed by atoms with E-state index in [1.807, 2.05) is 37.3 Å². The Morgan fingerprint density at radius 3 is 2.91 bits per heavy atom. The number of hydrogen-bond donors (Lipinski definition) is 1. The first kappa shape index (κ1) is 23.3. The van der Waals surface area contributed by atoms with Crippen molar-refractivity contribution in [3.63, 3.8) is 0 Å². The average Bonchev–Trinajstić information content (AvgIpc) is 3.45. The van der Waals surface area contributed by atoms with Crippen LogP contribution in [0.15, 0.2) is 63.8 Å². The first-order chi connectivity index (χ1) is 17.1. The summed E-state index contributed by atoms with van der Waals surface area (Å²) in [5.41, 5.74) is 5.01. The molecule has 35 heavy (non-hydrogen) atoms. The van der Waals surface area contributed by atoms with E-state index in [9.17, 15) is 9.59 Å². The number of aromatic nitrogens is 3. The Hall–Kier alpha value is -3.50. The number of thioether (sulfide) groups is 1. The minimum absolute atomic E-state index is 0.0600. The fraction of sp³-hybridized carbons (Fsp3) is 0.240. The highest BCUT2D eigenvalue weighted by molar-refractivity contribution is 7.99. The molecule has 1 N–H and O–H groups in total. The summed E-state index contributed by atoms with van der Waals surface area (Å²) in [5, 5.41) is 5.15. The van der Waals surface area contributed by atoms with Gasteiger partial charge in [-0.15, -0.1) is 11.3 Å². The van der Waals surface area contributed by atoms with Crippen LogP contribution in [0, 0.1) is 0 Å². The second-order valence-electron chi connectivity index (χ2n) is 7.87. The summed E-state index contributed by atoms with van der Waals surface area (Å²) in [7, 11) is 0. The normalized spacial score (nSPS) is 12.8. The fourth-order valence-electron chi connectivity index (χ4n) is 4.00. The molecule has 5 rings (SSSR count). The van der Waals surface area contributed by atoms with Gasteiger partial charge >= 0.3 is 0 Å². The fourth-order valence-corrected chi connectivity index (χ4v) is 6.11. The van der Waals surface area contributed by atoms with Gasteiger partial charge in [0.05, 0.1) is 29.6 Å². The quantitative estimate of drug-likeness (QED) is 0.168. The Balaban J connectivity index is 1.43. The Kier molecular flexibility index (Phi) is 6.91. The second-order valence-corrected chi connectivity index (χ2v) is 9.89. The van der Waals surface area contributed by atoms with Crippen LogP contribution in [0.4, 0.5) is 0 Å². The SMILES string of the molecule is CCOc1ccc(-n2c(SCC(=O)NN=Cc3cccnc3)nc3sc4c(c3c2=O)CCC4)cc1. The van der Waals surface area contributed by atoms with Crippen LogP contribution in [0.25, 0.3) is 15.9 Å². The molecule has 10 heteroatoms. The lowest BCUT2D eigenvalue weighted by Gasteiger charge is -2.13. The van der Waals surface area contributed by atoms with Gasteiger partial charge in [-0.05, 0) is 62.1 Å². The summed E-state index contributed by atoms with van der Waals surface area (Å²) in [6.07, 6.45) is 7.80. The minimum Gasteiger partial charge on any atom is -0.494 e. The molecule has 0 aliphatic heterocycles. The van der Waals surface area contributed by atoms with Crippen LogP contribution in [0.1, 0.15) is 29.3 Å². The number of aryl methyl sites for hydroxylation is 2. The van der Waals surface area contributed by atoms with Crippen molar-refractivity contribution in [1.29, 1.82) is 0 Å². The summed E-state index contributed by atoms with van der Waals surface area (Å²) in [4.78, 5) is 37.0. The summed E-state index contributed by atoms with van der Waals surface area (Å²) >= 11 is 2.80. The molecular weight excluding hydrogens is 482 g/mol. The van der Waals surface area contributed by atoms with Gasteiger partial charge in [0.2, 0.25) is 0 Å². The number of amides is 1. The molecule has 178 valence electrons. The highest BCUT2D eigenvalue weighted by Gasteiger charge is 2.24. The van der Waals surface area contributed by atoms with Crippen LogP contribution in [0.5, 0.6) is 5.75 Å². The monoisotopic (exact) mass is 505 g/mol. The van der Waals surface area contributed by atoms with E-state index in [1.165, 1.54) is 22.9 Å². The van der Waals surface area contributed by atoms with Crippen LogP contribution >= 0.6 is 23.1 Å². The van der Waals surface area contributed by atoms with Gasteiger partial charge in [0.15, 0.2) is 5.16 Å². The number of nitrogens with zero attached hydrogens (tertiary/aromatic N) is 4. The van der Waals surface area contributed by atoms with E-state index in [0.717, 1.165) is 41.0 Å². The standard InChI is InChI=1S/C25H23N5O3S2/c1-2-33-18-10-8-17(9-11-18)30-24(32)22-19-6-3-7-20(19)35-23(22)28-25(30)34-15-21(31)29-27-14-16-5-4-12-26-13-16/h4-5,8-14H,2-3,6-7,15H2,1H3,(H,29,31). The van der Waals surface area contributed by atoms with E-state index in [4.69, 9.17) is 9.72 Å². The lowest BCUT2D eigenvalue weighted by atomic mass is 10.2. The van der Waals surface area contributed by atoms with E-state index in [0.29, 0.717) is 22.8 Å². The molecule has 0 fully saturated rings. The molecule has 0 atom stereocenters. The lowest BCUT2D eigenvalue weighted by Crippen LogP contribution is -2.24. The molecule has 0 unspecified atom stereocenters. The summed E-state index contributed by atoms with van der Waals surface area (Å²) in [6.45, 7) is 2.49. The molecule has 1 aromatic carbocycles. The number of hydrogen-bond acceptors (Lipinski definition) is 8. The summed E-state index contributed by atoms with van der Waals surface area (Å²) < 4.78 is 7.14. The number of thiophene rings is 1. The number of carbonyl (C=O) groups is 1. The van der Waals surface area contributed by atoms with Crippen molar-refractivity contribution < 1.29 is 9.53 Å². The number of fused-ring (bicyclic) bond motifs is 3. The molecule has 1 aliphatic carbocycles. The predicted octanol–water partition coefficient (Wildman–Crippen LogP) is 3.97. The third-order valence-corrected chi connectivity index (χ3v) is 7.66. The van der Waals surface area contributed by atoms with Crippen molar-refractivity contribution in [2.45, 2.75) is 31.3 Å². The zero-order valence-corrected chi connectivity index (χ0v) is 20.7.